The molecule has 1 aromatic rings. The molecule has 0 atom stereocenters. The van der Waals surface area contributed by atoms with Crippen molar-refractivity contribution in [1.29, 1.82) is 0 Å². The fraction of sp³-hybridized carbons (Fsp3) is 0.636. The Balaban J connectivity index is 1.80. The Kier molecular flexibility index (Phi) is 4.54. The molecule has 7 nitrogen and oxygen atoms in total. The molecule has 5 N–H and O–H groups in total. The number of anilines is 2. The van der Waals surface area contributed by atoms with Crippen molar-refractivity contribution in [3.8, 4) is 5.88 Å². The number of likely N-dealkylation sites (tertiary alicyclic amines) is 1. The van der Waals surface area contributed by atoms with Crippen LogP contribution in [0.3, 0.4) is 0 Å². The number of nitrogen functional groups attached to an aromatic ring is 2. The molecule has 0 amide bonds. The lowest BCUT2D eigenvalue weighted by atomic mass is 10.1. The van der Waals surface area contributed by atoms with E-state index in [1.165, 1.54) is 19.3 Å². The van der Waals surface area contributed by atoms with E-state index in [1.54, 1.807) is 6.07 Å². The van der Waals surface area contributed by atoms with Gasteiger partial charge in [-0.05, 0) is 25.9 Å². The largest absolute Gasteiger partial charge is 0.476 e. The zero-order valence-corrected chi connectivity index (χ0v) is 10.4. The molecule has 1 aliphatic heterocycles. The van der Waals surface area contributed by atoms with E-state index in [4.69, 9.17) is 16.3 Å². The molecule has 100 valence electrons. The summed E-state index contributed by atoms with van der Waals surface area (Å²) in [7, 11) is 0. The van der Waals surface area contributed by atoms with Crippen LogP contribution in [0, 0.1) is 0 Å². The summed E-state index contributed by atoms with van der Waals surface area (Å²) < 4.78 is 5.56. The Morgan fingerprint density at radius 1 is 1.28 bits per heavy atom. The number of nitrogens with two attached hydrogens (primary N) is 2. The first-order chi connectivity index (χ1) is 8.78. The van der Waals surface area contributed by atoms with Crippen LogP contribution >= 0.6 is 0 Å². The van der Waals surface area contributed by atoms with Crippen LogP contribution in [-0.2, 0) is 0 Å². The second-order valence-electron chi connectivity index (χ2n) is 4.34. The van der Waals surface area contributed by atoms with E-state index in [0.717, 1.165) is 19.6 Å². The topological polar surface area (TPSA) is 102 Å². The molecule has 2 rings (SSSR count). The fourth-order valence-corrected chi connectivity index (χ4v) is 2.05. The predicted octanol–water partition coefficient (Wildman–Crippen LogP) is 0.209. The van der Waals surface area contributed by atoms with Crippen LogP contribution in [0.25, 0.3) is 0 Å². The van der Waals surface area contributed by atoms with Crippen LogP contribution in [-0.4, -0.2) is 41.1 Å². The summed E-state index contributed by atoms with van der Waals surface area (Å²) in [5.41, 5.74) is 7.97. The average Bonchev–Trinajstić information content (AvgIpc) is 2.39. The highest BCUT2D eigenvalue weighted by Gasteiger charge is 2.10. The lowest BCUT2D eigenvalue weighted by molar-refractivity contribution is 0.180. The molecule has 1 aliphatic rings. The van der Waals surface area contributed by atoms with Gasteiger partial charge in [-0.3, -0.25) is 4.90 Å². The monoisotopic (exact) mass is 252 g/mol. The first-order valence-corrected chi connectivity index (χ1v) is 6.24. The third-order valence-corrected chi connectivity index (χ3v) is 2.97. The van der Waals surface area contributed by atoms with Crippen LogP contribution in [0.4, 0.5) is 11.8 Å². The van der Waals surface area contributed by atoms with Crippen LogP contribution in [0.2, 0.25) is 0 Å². The summed E-state index contributed by atoms with van der Waals surface area (Å²) in [6.45, 7) is 3.82. The van der Waals surface area contributed by atoms with Gasteiger partial charge < -0.3 is 15.9 Å². The fourth-order valence-electron chi connectivity index (χ4n) is 2.05. The average molecular weight is 252 g/mol. The molecule has 0 aromatic carbocycles. The molecule has 0 spiro atoms. The standard InChI is InChI=1S/C11H20N6O/c12-11-14-9(16-13)8-10(15-11)18-7-6-17-4-2-1-3-5-17/h8H,1-7,13H2,(H3,12,14,15,16). The van der Waals surface area contributed by atoms with Gasteiger partial charge in [0.15, 0.2) is 0 Å². The number of hydrogen-bond acceptors (Lipinski definition) is 7. The minimum Gasteiger partial charge on any atom is -0.476 e. The Hall–Kier alpha value is -1.60. The van der Waals surface area contributed by atoms with Crippen molar-refractivity contribution in [3.05, 3.63) is 6.07 Å². The highest BCUT2D eigenvalue weighted by molar-refractivity contribution is 5.41. The van der Waals surface area contributed by atoms with E-state index in [-0.39, 0.29) is 5.95 Å². The third kappa shape index (κ3) is 3.71. The number of hydrogen-bond donors (Lipinski definition) is 3. The Morgan fingerprint density at radius 2 is 2.06 bits per heavy atom. The first kappa shape index (κ1) is 12.8. The van der Waals surface area contributed by atoms with Crippen molar-refractivity contribution in [2.24, 2.45) is 5.84 Å². The molecular weight excluding hydrogens is 232 g/mol. The van der Waals surface area contributed by atoms with Gasteiger partial charge in [-0.25, -0.2) is 5.84 Å². The number of nitrogens with one attached hydrogen (secondary N) is 1. The van der Waals surface area contributed by atoms with Gasteiger partial charge in [0.1, 0.15) is 12.4 Å². The van der Waals surface area contributed by atoms with Crippen LogP contribution in [0.15, 0.2) is 6.07 Å². The number of piperidine rings is 1. The van der Waals surface area contributed by atoms with Crippen LogP contribution in [0.1, 0.15) is 19.3 Å². The van der Waals surface area contributed by atoms with Gasteiger partial charge in [0.05, 0.1) is 0 Å². The number of ether oxygens (including phenoxy) is 1. The SMILES string of the molecule is NNc1cc(OCCN2CCCCC2)nc(N)n1. The lowest BCUT2D eigenvalue weighted by Gasteiger charge is -2.26. The molecule has 0 radical (unpaired) electrons. The molecule has 1 fully saturated rings. The van der Waals surface area contributed by atoms with E-state index >= 15 is 0 Å². The van der Waals surface area contributed by atoms with Crippen molar-refractivity contribution < 1.29 is 4.74 Å². The van der Waals surface area contributed by atoms with Gasteiger partial charge in [-0.2, -0.15) is 9.97 Å². The Bertz CT molecular complexity index is 380. The summed E-state index contributed by atoms with van der Waals surface area (Å²) in [5.74, 6) is 6.33. The maximum atomic E-state index is 5.56. The molecular formula is C11H20N6O. The van der Waals surface area contributed by atoms with Crippen LogP contribution in [0.5, 0.6) is 5.88 Å². The van der Waals surface area contributed by atoms with E-state index in [0.29, 0.717) is 18.3 Å². The minimum atomic E-state index is 0.151. The molecule has 0 bridgehead atoms. The zero-order chi connectivity index (χ0) is 12.8. The number of nitrogens with zero attached hydrogens (tertiary/aromatic N) is 3. The second kappa shape index (κ2) is 6.36. The summed E-state index contributed by atoms with van der Waals surface area (Å²) in [5, 5.41) is 0. The predicted molar refractivity (Wildman–Crippen MR) is 70.0 cm³/mol. The summed E-state index contributed by atoms with van der Waals surface area (Å²) in [6.07, 6.45) is 3.90. The lowest BCUT2D eigenvalue weighted by Crippen LogP contribution is -2.33. The second-order valence-corrected chi connectivity index (χ2v) is 4.34. The maximum absolute atomic E-state index is 5.56. The molecule has 0 saturated carbocycles. The van der Waals surface area contributed by atoms with E-state index in [2.05, 4.69) is 20.3 Å². The van der Waals surface area contributed by atoms with E-state index in [9.17, 15) is 0 Å². The highest BCUT2D eigenvalue weighted by Crippen LogP contribution is 2.14. The van der Waals surface area contributed by atoms with Crippen molar-refractivity contribution in [3.63, 3.8) is 0 Å². The molecule has 0 aliphatic carbocycles. The Morgan fingerprint density at radius 3 is 2.78 bits per heavy atom. The molecule has 7 heteroatoms. The summed E-state index contributed by atoms with van der Waals surface area (Å²) in [6, 6.07) is 1.63. The quantitative estimate of drug-likeness (QED) is 0.508. The Labute approximate surface area is 106 Å². The van der Waals surface area contributed by atoms with Crippen molar-refractivity contribution in [1.82, 2.24) is 14.9 Å². The van der Waals surface area contributed by atoms with Gasteiger partial charge in [0.25, 0.3) is 0 Å². The maximum Gasteiger partial charge on any atom is 0.225 e. The number of aromatic nitrogens is 2. The van der Waals surface area contributed by atoms with Gasteiger partial charge in [-0.15, -0.1) is 0 Å². The molecule has 18 heavy (non-hydrogen) atoms. The molecule has 1 saturated heterocycles. The molecule has 2 heterocycles. The first-order valence-electron chi connectivity index (χ1n) is 6.24. The van der Waals surface area contributed by atoms with Gasteiger partial charge in [0, 0.05) is 12.6 Å². The normalized spacial score (nSPS) is 16.5. The number of rotatable bonds is 5. The van der Waals surface area contributed by atoms with Crippen molar-refractivity contribution in [2.45, 2.75) is 19.3 Å². The minimum absolute atomic E-state index is 0.151. The zero-order valence-electron chi connectivity index (χ0n) is 10.4. The van der Waals surface area contributed by atoms with Gasteiger partial charge in [0.2, 0.25) is 11.8 Å². The van der Waals surface area contributed by atoms with Gasteiger partial charge in [-0.1, -0.05) is 6.42 Å². The molecule has 1 aromatic heterocycles. The summed E-state index contributed by atoms with van der Waals surface area (Å²) >= 11 is 0. The smallest absolute Gasteiger partial charge is 0.225 e. The van der Waals surface area contributed by atoms with E-state index < -0.39 is 0 Å². The highest BCUT2D eigenvalue weighted by atomic mass is 16.5. The third-order valence-electron chi connectivity index (χ3n) is 2.97. The van der Waals surface area contributed by atoms with Gasteiger partial charge >= 0.3 is 0 Å². The van der Waals surface area contributed by atoms with Crippen LogP contribution < -0.4 is 21.7 Å². The van der Waals surface area contributed by atoms with Crippen molar-refractivity contribution in [2.75, 3.05) is 37.4 Å². The van der Waals surface area contributed by atoms with E-state index in [1.807, 2.05) is 0 Å². The number of hydrazine groups is 1. The van der Waals surface area contributed by atoms with Crippen molar-refractivity contribution >= 4 is 11.8 Å². The molecule has 0 unspecified atom stereocenters. The summed E-state index contributed by atoms with van der Waals surface area (Å²) in [4.78, 5) is 10.3.